The maximum atomic E-state index is 12.2. The number of aliphatic hydroxyl groups excluding tert-OH is 1. The van der Waals surface area contributed by atoms with Gasteiger partial charge in [-0.3, -0.25) is 9.59 Å². The highest BCUT2D eigenvalue weighted by Crippen LogP contribution is 2.14. The molecular formula is C48H88O5. The van der Waals surface area contributed by atoms with Crippen molar-refractivity contribution in [3.63, 3.8) is 0 Å². The van der Waals surface area contributed by atoms with Crippen molar-refractivity contribution in [2.75, 3.05) is 13.2 Å². The van der Waals surface area contributed by atoms with Crippen molar-refractivity contribution in [1.82, 2.24) is 0 Å². The lowest BCUT2D eigenvalue weighted by Gasteiger charge is -2.15. The molecule has 0 rings (SSSR count). The molecule has 5 nitrogen and oxygen atoms in total. The number of hydrogen-bond acceptors (Lipinski definition) is 5. The molecule has 1 N–H and O–H groups in total. The van der Waals surface area contributed by atoms with E-state index >= 15 is 0 Å². The van der Waals surface area contributed by atoms with E-state index in [4.69, 9.17) is 9.47 Å². The van der Waals surface area contributed by atoms with Gasteiger partial charge < -0.3 is 14.6 Å². The Balaban J connectivity index is 3.52. The molecule has 0 radical (unpaired) electrons. The van der Waals surface area contributed by atoms with Crippen LogP contribution in [-0.2, 0) is 19.1 Å². The number of hydrogen-bond donors (Lipinski definition) is 1. The fourth-order valence-electron chi connectivity index (χ4n) is 6.64. The zero-order valence-electron chi connectivity index (χ0n) is 35.3. The van der Waals surface area contributed by atoms with Gasteiger partial charge in [0.2, 0.25) is 0 Å². The van der Waals surface area contributed by atoms with Crippen LogP contribution in [0.1, 0.15) is 239 Å². The molecule has 0 heterocycles. The first-order chi connectivity index (χ1) is 26.1. The fourth-order valence-corrected chi connectivity index (χ4v) is 6.64. The molecule has 0 spiro atoms. The molecule has 0 aromatic rings. The average Bonchev–Trinajstić information content (AvgIpc) is 3.16. The van der Waals surface area contributed by atoms with Crippen LogP contribution < -0.4 is 0 Å². The van der Waals surface area contributed by atoms with Crippen molar-refractivity contribution in [2.24, 2.45) is 0 Å². The molecule has 310 valence electrons. The van der Waals surface area contributed by atoms with Crippen LogP contribution in [0.3, 0.4) is 0 Å². The van der Waals surface area contributed by atoms with Crippen LogP contribution in [0.2, 0.25) is 0 Å². The van der Waals surface area contributed by atoms with Gasteiger partial charge >= 0.3 is 11.9 Å². The van der Waals surface area contributed by atoms with Crippen molar-refractivity contribution in [1.29, 1.82) is 0 Å². The molecule has 0 aliphatic rings. The Kier molecular flexibility index (Phi) is 42.9. The summed E-state index contributed by atoms with van der Waals surface area (Å²) < 4.78 is 10.6. The number of rotatable bonds is 42. The van der Waals surface area contributed by atoms with Crippen molar-refractivity contribution in [3.8, 4) is 0 Å². The summed E-state index contributed by atoms with van der Waals surface area (Å²) in [5.74, 6) is -0.596. The quantitative estimate of drug-likeness (QED) is 0.0383. The summed E-state index contributed by atoms with van der Waals surface area (Å²) in [6.45, 7) is 4.13. The van der Waals surface area contributed by atoms with Crippen LogP contribution in [0.15, 0.2) is 36.5 Å². The van der Waals surface area contributed by atoms with Crippen LogP contribution in [0.5, 0.6) is 0 Å². The van der Waals surface area contributed by atoms with Crippen molar-refractivity contribution in [3.05, 3.63) is 36.5 Å². The molecule has 0 aliphatic carbocycles. The lowest BCUT2D eigenvalue weighted by Crippen LogP contribution is -2.28. The largest absolute Gasteiger partial charge is 0.462 e. The zero-order valence-corrected chi connectivity index (χ0v) is 35.3. The third-order valence-electron chi connectivity index (χ3n) is 10.2. The van der Waals surface area contributed by atoms with E-state index in [0.717, 1.165) is 51.4 Å². The predicted molar refractivity (Wildman–Crippen MR) is 228 cm³/mol. The number of unbranched alkanes of at least 4 members (excludes halogenated alkanes) is 28. The first kappa shape index (κ1) is 51.1. The molecule has 0 bridgehead atoms. The molecule has 0 aliphatic heterocycles. The van der Waals surface area contributed by atoms with E-state index in [1.165, 1.54) is 161 Å². The SMILES string of the molecule is CCCCCCC/C=C\C/C=C\CCCCCCCCCCCCCC(=O)OC(CO)COC(=O)CCCCCCC/C=C\CCCCCCCCC. The van der Waals surface area contributed by atoms with E-state index in [1.54, 1.807) is 0 Å². The maximum absolute atomic E-state index is 12.2. The molecule has 53 heavy (non-hydrogen) atoms. The Morgan fingerprint density at radius 2 is 0.755 bits per heavy atom. The third-order valence-corrected chi connectivity index (χ3v) is 10.2. The Morgan fingerprint density at radius 3 is 1.13 bits per heavy atom. The second kappa shape index (κ2) is 44.5. The number of esters is 2. The smallest absolute Gasteiger partial charge is 0.306 e. The lowest BCUT2D eigenvalue weighted by molar-refractivity contribution is -0.161. The lowest BCUT2D eigenvalue weighted by atomic mass is 10.0. The van der Waals surface area contributed by atoms with E-state index < -0.39 is 6.10 Å². The van der Waals surface area contributed by atoms with Crippen LogP contribution in [-0.4, -0.2) is 36.4 Å². The first-order valence-corrected chi connectivity index (χ1v) is 23.0. The van der Waals surface area contributed by atoms with E-state index in [-0.39, 0.29) is 25.2 Å². The van der Waals surface area contributed by atoms with Gasteiger partial charge in [0.05, 0.1) is 6.61 Å². The minimum atomic E-state index is -0.774. The molecule has 0 amide bonds. The highest BCUT2D eigenvalue weighted by molar-refractivity contribution is 5.70. The maximum Gasteiger partial charge on any atom is 0.306 e. The second-order valence-corrected chi connectivity index (χ2v) is 15.5. The van der Waals surface area contributed by atoms with E-state index in [0.29, 0.717) is 12.8 Å². The van der Waals surface area contributed by atoms with E-state index in [1.807, 2.05) is 0 Å². The zero-order chi connectivity index (χ0) is 38.6. The van der Waals surface area contributed by atoms with Gasteiger partial charge in [-0.15, -0.1) is 0 Å². The summed E-state index contributed by atoms with van der Waals surface area (Å²) in [6, 6.07) is 0. The molecule has 1 unspecified atom stereocenters. The number of carbonyl (C=O) groups excluding carboxylic acids is 2. The highest BCUT2D eigenvalue weighted by atomic mass is 16.6. The summed E-state index contributed by atoms with van der Waals surface area (Å²) in [6.07, 6.45) is 55.0. The Bertz CT molecular complexity index is 847. The van der Waals surface area contributed by atoms with Gasteiger partial charge in [0, 0.05) is 12.8 Å². The van der Waals surface area contributed by atoms with Crippen molar-refractivity contribution >= 4 is 11.9 Å². The standard InChI is InChI=1S/C48H88O5/c1-3-5-7-9-11-13-15-17-19-21-22-23-24-25-26-27-29-31-33-35-37-39-41-43-48(51)53-46(44-49)45-52-47(50)42-40-38-36-34-32-30-28-20-18-16-14-12-10-8-6-4-2/h15,17,20-22,28,46,49H,3-14,16,18-19,23-27,29-45H2,1-2H3/b17-15-,22-21-,28-20-. The van der Waals surface area contributed by atoms with Crippen LogP contribution in [0.4, 0.5) is 0 Å². The monoisotopic (exact) mass is 745 g/mol. The summed E-state index contributed by atoms with van der Waals surface area (Å²) >= 11 is 0. The predicted octanol–water partition coefficient (Wildman–Crippen LogP) is 14.8. The number of allylic oxidation sites excluding steroid dienone is 6. The highest BCUT2D eigenvalue weighted by Gasteiger charge is 2.16. The van der Waals surface area contributed by atoms with Gasteiger partial charge in [-0.1, -0.05) is 192 Å². The van der Waals surface area contributed by atoms with Gasteiger partial charge in [-0.05, 0) is 70.6 Å². The van der Waals surface area contributed by atoms with Gasteiger partial charge in [-0.2, -0.15) is 0 Å². The summed E-state index contributed by atoms with van der Waals surface area (Å²) in [5.41, 5.74) is 0. The molecule has 0 aromatic heterocycles. The van der Waals surface area contributed by atoms with Gasteiger partial charge in [-0.25, -0.2) is 0 Å². The molecule has 0 saturated heterocycles. The molecular weight excluding hydrogens is 657 g/mol. The third kappa shape index (κ3) is 42.7. The van der Waals surface area contributed by atoms with Gasteiger partial charge in [0.25, 0.3) is 0 Å². The number of aliphatic hydroxyl groups is 1. The van der Waals surface area contributed by atoms with Gasteiger partial charge in [0.15, 0.2) is 6.10 Å². The molecule has 0 aromatic carbocycles. The Morgan fingerprint density at radius 1 is 0.434 bits per heavy atom. The van der Waals surface area contributed by atoms with Gasteiger partial charge in [0.1, 0.15) is 6.61 Å². The molecule has 0 fully saturated rings. The van der Waals surface area contributed by atoms with Crippen LogP contribution in [0.25, 0.3) is 0 Å². The minimum Gasteiger partial charge on any atom is -0.462 e. The summed E-state index contributed by atoms with van der Waals surface area (Å²) in [7, 11) is 0. The Labute approximate surface area is 329 Å². The van der Waals surface area contributed by atoms with E-state index in [2.05, 4.69) is 50.3 Å². The normalized spacial score (nSPS) is 12.4. The molecule has 5 heteroatoms. The Hall–Kier alpha value is -1.88. The van der Waals surface area contributed by atoms with E-state index in [9.17, 15) is 14.7 Å². The topological polar surface area (TPSA) is 72.8 Å². The fraction of sp³-hybridized carbons (Fsp3) is 0.833. The average molecular weight is 745 g/mol. The summed E-state index contributed by atoms with van der Waals surface area (Å²) in [4.78, 5) is 24.4. The van der Waals surface area contributed by atoms with Crippen molar-refractivity contribution < 1.29 is 24.2 Å². The number of carbonyl (C=O) groups is 2. The molecule has 1 atom stereocenters. The minimum absolute atomic E-state index is 0.0689. The van der Waals surface area contributed by atoms with Crippen LogP contribution in [0, 0.1) is 0 Å². The van der Waals surface area contributed by atoms with Crippen LogP contribution >= 0.6 is 0 Å². The molecule has 0 saturated carbocycles. The summed E-state index contributed by atoms with van der Waals surface area (Å²) in [5, 5.41) is 9.59. The van der Waals surface area contributed by atoms with Crippen molar-refractivity contribution in [2.45, 2.75) is 245 Å². The second-order valence-electron chi connectivity index (χ2n) is 15.5. The first-order valence-electron chi connectivity index (χ1n) is 23.0. The number of ether oxygens (including phenoxy) is 2.